The van der Waals surface area contributed by atoms with Gasteiger partial charge in [0.25, 0.3) is 0 Å². The number of ether oxygens (including phenoxy) is 1. The number of morpholine rings is 1. The van der Waals surface area contributed by atoms with Gasteiger partial charge in [-0.25, -0.2) is 0 Å². The highest BCUT2D eigenvalue weighted by molar-refractivity contribution is 14.0. The van der Waals surface area contributed by atoms with Crippen LogP contribution in [-0.2, 0) is 4.74 Å². The molecule has 0 spiro atoms. The first kappa shape index (κ1) is 21.3. The Morgan fingerprint density at radius 3 is 2.67 bits per heavy atom. The van der Waals surface area contributed by atoms with Crippen molar-refractivity contribution >= 4 is 41.7 Å². The van der Waals surface area contributed by atoms with Crippen molar-refractivity contribution in [3.63, 3.8) is 0 Å². The summed E-state index contributed by atoms with van der Waals surface area (Å²) in [6, 6.07) is 0. The maximum Gasteiger partial charge on any atom is 0.191 e. The van der Waals surface area contributed by atoms with Crippen LogP contribution in [-0.4, -0.2) is 75.4 Å². The molecule has 1 saturated heterocycles. The van der Waals surface area contributed by atoms with Gasteiger partial charge in [-0.15, -0.1) is 24.0 Å². The fourth-order valence-corrected chi connectivity index (χ4v) is 2.38. The molecule has 0 aromatic rings. The number of unbranched alkanes of at least 4 members (excludes halogenated alkanes) is 1. The van der Waals surface area contributed by atoms with E-state index < -0.39 is 0 Å². The standard InChI is InChI=1S/C14H30N4OS.HI/c1-3-15-14(17-7-13-20-2)16-6-4-5-8-18-9-11-19-12-10-18;/h3-13H2,1-2H3,(H2,15,16,17);1H. The maximum atomic E-state index is 5.35. The first-order valence-electron chi connectivity index (χ1n) is 7.68. The lowest BCUT2D eigenvalue weighted by molar-refractivity contribution is 0.0373. The summed E-state index contributed by atoms with van der Waals surface area (Å²) < 4.78 is 5.35. The highest BCUT2D eigenvalue weighted by Gasteiger charge is 2.08. The monoisotopic (exact) mass is 430 g/mol. The minimum absolute atomic E-state index is 0. The van der Waals surface area contributed by atoms with E-state index in [1.807, 2.05) is 11.8 Å². The number of hydrogen-bond acceptors (Lipinski definition) is 4. The summed E-state index contributed by atoms with van der Waals surface area (Å²) in [4.78, 5) is 7.09. The molecule has 0 aliphatic carbocycles. The van der Waals surface area contributed by atoms with Crippen LogP contribution in [0.15, 0.2) is 4.99 Å². The Morgan fingerprint density at radius 2 is 2.00 bits per heavy atom. The lowest BCUT2D eigenvalue weighted by Gasteiger charge is -2.26. The lowest BCUT2D eigenvalue weighted by atomic mass is 10.3. The molecule has 0 amide bonds. The van der Waals surface area contributed by atoms with Crippen molar-refractivity contribution in [2.45, 2.75) is 19.8 Å². The lowest BCUT2D eigenvalue weighted by Crippen LogP contribution is -2.38. The fourth-order valence-electron chi connectivity index (χ4n) is 2.08. The normalized spacial score (nSPS) is 16.4. The number of nitrogens with zero attached hydrogens (tertiary/aromatic N) is 2. The largest absolute Gasteiger partial charge is 0.379 e. The fraction of sp³-hybridized carbons (Fsp3) is 0.929. The SMILES string of the molecule is CCNC(=NCCCCN1CCOCC1)NCCSC.I. The Morgan fingerprint density at radius 1 is 1.24 bits per heavy atom. The zero-order valence-electron chi connectivity index (χ0n) is 13.4. The van der Waals surface area contributed by atoms with Crippen molar-refractivity contribution in [1.29, 1.82) is 0 Å². The predicted molar refractivity (Wildman–Crippen MR) is 104 cm³/mol. The zero-order valence-corrected chi connectivity index (χ0v) is 16.5. The van der Waals surface area contributed by atoms with Crippen LogP contribution >= 0.6 is 35.7 Å². The highest BCUT2D eigenvalue weighted by atomic mass is 127. The number of guanidine groups is 1. The van der Waals surface area contributed by atoms with Gasteiger partial charge in [0.05, 0.1) is 13.2 Å². The molecule has 21 heavy (non-hydrogen) atoms. The van der Waals surface area contributed by atoms with E-state index in [4.69, 9.17) is 4.74 Å². The molecule has 0 atom stereocenters. The number of halogens is 1. The minimum atomic E-state index is 0. The quantitative estimate of drug-likeness (QED) is 0.252. The molecule has 2 N–H and O–H groups in total. The zero-order chi connectivity index (χ0) is 14.5. The summed E-state index contributed by atoms with van der Waals surface area (Å²) in [6.07, 6.45) is 4.49. The summed E-state index contributed by atoms with van der Waals surface area (Å²) in [5.41, 5.74) is 0. The number of aliphatic imine (C=N–C) groups is 1. The summed E-state index contributed by atoms with van der Waals surface area (Å²) in [5, 5.41) is 6.64. The summed E-state index contributed by atoms with van der Waals surface area (Å²) in [6.45, 7) is 10.0. The van der Waals surface area contributed by atoms with Crippen LogP contribution in [0.25, 0.3) is 0 Å². The number of hydrogen-bond donors (Lipinski definition) is 2. The Kier molecular flexibility index (Phi) is 15.4. The predicted octanol–water partition coefficient (Wildman–Crippen LogP) is 1.63. The second-order valence-electron chi connectivity index (χ2n) is 4.84. The average Bonchev–Trinajstić information content (AvgIpc) is 2.48. The topological polar surface area (TPSA) is 48.9 Å². The van der Waals surface area contributed by atoms with Crippen LogP contribution in [0.3, 0.4) is 0 Å². The summed E-state index contributed by atoms with van der Waals surface area (Å²) in [5.74, 6) is 2.06. The molecule has 0 bridgehead atoms. The molecule has 1 aliphatic heterocycles. The van der Waals surface area contributed by atoms with Crippen LogP contribution in [0.5, 0.6) is 0 Å². The van der Waals surface area contributed by atoms with Gasteiger partial charge < -0.3 is 15.4 Å². The van der Waals surface area contributed by atoms with Crippen molar-refractivity contribution in [2.75, 3.05) is 64.5 Å². The minimum Gasteiger partial charge on any atom is -0.379 e. The van der Waals surface area contributed by atoms with Crippen LogP contribution < -0.4 is 10.6 Å². The van der Waals surface area contributed by atoms with E-state index in [9.17, 15) is 0 Å². The smallest absolute Gasteiger partial charge is 0.191 e. The number of nitrogens with one attached hydrogen (secondary N) is 2. The maximum absolute atomic E-state index is 5.35. The van der Waals surface area contributed by atoms with E-state index in [0.717, 1.165) is 64.1 Å². The molecule has 1 rings (SSSR count). The molecule has 0 unspecified atom stereocenters. The van der Waals surface area contributed by atoms with Crippen molar-refractivity contribution in [2.24, 2.45) is 4.99 Å². The number of thioether (sulfide) groups is 1. The molecule has 7 heteroatoms. The second-order valence-corrected chi connectivity index (χ2v) is 5.83. The first-order valence-corrected chi connectivity index (χ1v) is 9.07. The molecule has 1 fully saturated rings. The molecule has 5 nitrogen and oxygen atoms in total. The van der Waals surface area contributed by atoms with E-state index >= 15 is 0 Å². The first-order chi connectivity index (χ1) is 9.86. The molecule has 126 valence electrons. The molecular formula is C14H31IN4OS. The van der Waals surface area contributed by atoms with Crippen molar-refractivity contribution < 1.29 is 4.74 Å². The Bertz CT molecular complexity index is 263. The van der Waals surface area contributed by atoms with Gasteiger partial charge in [-0.3, -0.25) is 9.89 Å². The second kappa shape index (κ2) is 15.2. The van der Waals surface area contributed by atoms with Crippen molar-refractivity contribution in [3.05, 3.63) is 0 Å². The van der Waals surface area contributed by atoms with E-state index in [-0.39, 0.29) is 24.0 Å². The van der Waals surface area contributed by atoms with Gasteiger partial charge >= 0.3 is 0 Å². The number of rotatable bonds is 9. The third-order valence-corrected chi connectivity index (χ3v) is 3.81. The van der Waals surface area contributed by atoms with E-state index in [2.05, 4.69) is 33.7 Å². The molecular weight excluding hydrogens is 399 g/mol. The van der Waals surface area contributed by atoms with E-state index in [1.54, 1.807) is 0 Å². The Balaban J connectivity index is 0.00000400. The third kappa shape index (κ3) is 11.5. The third-order valence-electron chi connectivity index (χ3n) is 3.20. The Hall–Kier alpha value is 0.270. The van der Waals surface area contributed by atoms with Crippen LogP contribution in [0, 0.1) is 0 Å². The highest BCUT2D eigenvalue weighted by Crippen LogP contribution is 2.00. The summed E-state index contributed by atoms with van der Waals surface area (Å²) in [7, 11) is 0. The summed E-state index contributed by atoms with van der Waals surface area (Å²) >= 11 is 1.85. The molecule has 0 aromatic carbocycles. The van der Waals surface area contributed by atoms with Gasteiger partial charge in [-0.2, -0.15) is 11.8 Å². The van der Waals surface area contributed by atoms with Gasteiger partial charge in [0, 0.05) is 38.5 Å². The van der Waals surface area contributed by atoms with Gasteiger partial charge in [0.15, 0.2) is 5.96 Å². The van der Waals surface area contributed by atoms with Crippen molar-refractivity contribution in [3.8, 4) is 0 Å². The molecule has 1 aliphatic rings. The van der Waals surface area contributed by atoms with Gasteiger partial charge in [-0.1, -0.05) is 0 Å². The van der Waals surface area contributed by atoms with Crippen molar-refractivity contribution in [1.82, 2.24) is 15.5 Å². The molecule has 1 heterocycles. The Labute approximate surface area is 151 Å². The molecule has 0 radical (unpaired) electrons. The van der Waals surface area contributed by atoms with Gasteiger partial charge in [-0.05, 0) is 32.6 Å². The van der Waals surface area contributed by atoms with Gasteiger partial charge in [0.1, 0.15) is 0 Å². The van der Waals surface area contributed by atoms with Crippen LogP contribution in [0.1, 0.15) is 19.8 Å². The van der Waals surface area contributed by atoms with Crippen LogP contribution in [0.4, 0.5) is 0 Å². The molecule has 0 aromatic heterocycles. The van der Waals surface area contributed by atoms with Gasteiger partial charge in [0.2, 0.25) is 0 Å². The van der Waals surface area contributed by atoms with E-state index in [1.165, 1.54) is 13.0 Å². The molecule has 0 saturated carbocycles. The average molecular weight is 430 g/mol. The van der Waals surface area contributed by atoms with E-state index in [0.29, 0.717) is 0 Å². The van der Waals surface area contributed by atoms with Crippen LogP contribution in [0.2, 0.25) is 0 Å².